The lowest BCUT2D eigenvalue weighted by atomic mass is 10.0. The van der Waals surface area contributed by atoms with Crippen LogP contribution in [0.3, 0.4) is 0 Å². The monoisotopic (exact) mass is 406 g/mol. The molecule has 7 nitrogen and oxygen atoms in total. The Labute approximate surface area is 174 Å². The van der Waals surface area contributed by atoms with Crippen LogP contribution in [0.2, 0.25) is 0 Å². The van der Waals surface area contributed by atoms with Gasteiger partial charge in [0, 0.05) is 47.6 Å². The summed E-state index contributed by atoms with van der Waals surface area (Å²) in [7, 11) is 0. The van der Waals surface area contributed by atoms with Crippen molar-refractivity contribution in [2.75, 3.05) is 30.3 Å². The molecule has 2 N–H and O–H groups in total. The number of pyridine rings is 1. The summed E-state index contributed by atoms with van der Waals surface area (Å²) in [5.74, 6) is 0.358. The fourth-order valence-corrected chi connectivity index (χ4v) is 3.62. The third-order valence-corrected chi connectivity index (χ3v) is 4.98. The lowest BCUT2D eigenvalue weighted by Crippen LogP contribution is -2.31. The normalized spacial score (nSPS) is 16.4. The zero-order valence-corrected chi connectivity index (χ0v) is 16.7. The zero-order valence-electron chi connectivity index (χ0n) is 16.7. The third-order valence-electron chi connectivity index (χ3n) is 4.98. The van der Waals surface area contributed by atoms with Crippen LogP contribution in [0, 0.1) is 12.7 Å². The van der Waals surface area contributed by atoms with Gasteiger partial charge in [0.15, 0.2) is 0 Å². The number of likely N-dealkylation sites (tertiary alicyclic amines) is 1. The molecule has 8 heteroatoms. The van der Waals surface area contributed by atoms with Crippen LogP contribution < -0.4 is 10.6 Å². The second-order valence-corrected chi connectivity index (χ2v) is 7.40. The Hall–Kier alpha value is -3.39. The molecule has 3 heterocycles. The quantitative estimate of drug-likeness (QED) is 0.652. The highest BCUT2D eigenvalue weighted by atomic mass is 19.1. The van der Waals surface area contributed by atoms with E-state index in [1.54, 1.807) is 30.6 Å². The molecule has 3 aromatic rings. The first kappa shape index (κ1) is 19.9. The summed E-state index contributed by atoms with van der Waals surface area (Å²) < 4.78 is 13.0. The summed E-state index contributed by atoms with van der Waals surface area (Å²) in [5, 5.41) is 6.03. The molecule has 0 bridgehead atoms. The lowest BCUT2D eigenvalue weighted by molar-refractivity contribution is -0.117. The number of nitrogens with zero attached hydrogens (tertiary/aromatic N) is 4. The van der Waals surface area contributed by atoms with E-state index in [0.717, 1.165) is 36.6 Å². The van der Waals surface area contributed by atoms with Crippen molar-refractivity contribution in [1.29, 1.82) is 0 Å². The fraction of sp³-hybridized carbons (Fsp3) is 0.273. The number of nitrogens with one attached hydrogen (secondary N) is 2. The average Bonchev–Trinajstić information content (AvgIpc) is 3.18. The average molecular weight is 406 g/mol. The highest BCUT2D eigenvalue weighted by molar-refractivity contribution is 5.92. The summed E-state index contributed by atoms with van der Waals surface area (Å²) in [6.45, 7) is 3.84. The first-order valence-electron chi connectivity index (χ1n) is 9.85. The molecule has 1 amide bonds. The maximum absolute atomic E-state index is 13.0. The van der Waals surface area contributed by atoms with Crippen LogP contribution in [0.5, 0.6) is 0 Å². The summed E-state index contributed by atoms with van der Waals surface area (Å²) in [6, 6.07) is 11.5. The van der Waals surface area contributed by atoms with E-state index in [0.29, 0.717) is 18.2 Å². The maximum atomic E-state index is 13.0. The van der Waals surface area contributed by atoms with E-state index in [1.807, 2.05) is 19.1 Å². The molecule has 4 rings (SSSR count). The predicted molar refractivity (Wildman–Crippen MR) is 113 cm³/mol. The second kappa shape index (κ2) is 8.96. The topological polar surface area (TPSA) is 83.0 Å². The number of carbonyl (C=O) groups is 1. The van der Waals surface area contributed by atoms with Gasteiger partial charge in [-0.05, 0) is 62.4 Å². The van der Waals surface area contributed by atoms with Crippen LogP contribution in [0.4, 0.5) is 21.7 Å². The molecule has 0 spiro atoms. The van der Waals surface area contributed by atoms with Gasteiger partial charge in [-0.2, -0.15) is 0 Å². The highest BCUT2D eigenvalue weighted by Crippen LogP contribution is 2.28. The molecule has 0 radical (unpaired) electrons. The van der Waals surface area contributed by atoms with Crippen LogP contribution in [0.25, 0.3) is 0 Å². The summed E-state index contributed by atoms with van der Waals surface area (Å²) in [4.78, 5) is 27.5. The van der Waals surface area contributed by atoms with E-state index in [-0.39, 0.29) is 17.6 Å². The van der Waals surface area contributed by atoms with Crippen molar-refractivity contribution in [2.45, 2.75) is 19.3 Å². The van der Waals surface area contributed by atoms with Crippen molar-refractivity contribution in [1.82, 2.24) is 19.9 Å². The first-order valence-corrected chi connectivity index (χ1v) is 9.85. The summed E-state index contributed by atoms with van der Waals surface area (Å²) >= 11 is 0. The van der Waals surface area contributed by atoms with Gasteiger partial charge in [-0.25, -0.2) is 14.4 Å². The van der Waals surface area contributed by atoms with Crippen LogP contribution in [0.1, 0.15) is 23.7 Å². The Balaban J connectivity index is 1.36. The Morgan fingerprint density at radius 3 is 2.70 bits per heavy atom. The molecule has 1 saturated heterocycles. The molecule has 1 aromatic carbocycles. The molecule has 1 fully saturated rings. The second-order valence-electron chi connectivity index (χ2n) is 7.40. The molecular formula is C22H23FN6O. The van der Waals surface area contributed by atoms with Gasteiger partial charge >= 0.3 is 0 Å². The number of benzene rings is 1. The maximum Gasteiger partial charge on any atom is 0.238 e. The number of halogens is 1. The zero-order chi connectivity index (χ0) is 20.9. The molecule has 2 aromatic heterocycles. The predicted octanol–water partition coefficient (Wildman–Crippen LogP) is 3.49. The van der Waals surface area contributed by atoms with E-state index in [9.17, 15) is 9.18 Å². The number of aromatic nitrogens is 3. The number of rotatable bonds is 6. The molecular weight excluding hydrogens is 383 g/mol. The Morgan fingerprint density at radius 2 is 1.93 bits per heavy atom. The lowest BCUT2D eigenvalue weighted by Gasteiger charge is -2.16. The Morgan fingerprint density at radius 1 is 1.17 bits per heavy atom. The summed E-state index contributed by atoms with van der Waals surface area (Å²) in [5.41, 5.74) is 3.40. The Bertz CT molecular complexity index is 1010. The molecule has 1 aliphatic heterocycles. The van der Waals surface area contributed by atoms with Crippen molar-refractivity contribution in [3.05, 3.63) is 72.1 Å². The van der Waals surface area contributed by atoms with E-state index in [2.05, 4.69) is 25.5 Å². The van der Waals surface area contributed by atoms with Crippen molar-refractivity contribution in [3.63, 3.8) is 0 Å². The standard InChI is InChI=1S/C22H23FN6O/c1-15-11-19(28-22-24-8-2-9-25-22)12-20(26-15)16-7-10-29(13-16)14-21(30)27-18-5-3-17(23)4-6-18/h2-6,8-9,11-12,16H,7,10,13-14H2,1H3,(H,27,30)(H,24,25,26,28). The van der Waals surface area contributed by atoms with Crippen molar-refractivity contribution >= 4 is 23.2 Å². The molecule has 1 atom stereocenters. The van der Waals surface area contributed by atoms with Crippen LogP contribution >= 0.6 is 0 Å². The number of aryl methyl sites for hydroxylation is 1. The van der Waals surface area contributed by atoms with Crippen molar-refractivity contribution < 1.29 is 9.18 Å². The van der Waals surface area contributed by atoms with Gasteiger partial charge in [0.25, 0.3) is 0 Å². The van der Waals surface area contributed by atoms with Gasteiger partial charge in [-0.15, -0.1) is 0 Å². The van der Waals surface area contributed by atoms with Crippen LogP contribution in [-0.2, 0) is 4.79 Å². The number of anilines is 3. The van der Waals surface area contributed by atoms with Crippen molar-refractivity contribution in [3.8, 4) is 0 Å². The van der Waals surface area contributed by atoms with Gasteiger partial charge in [-0.1, -0.05) is 0 Å². The molecule has 1 unspecified atom stereocenters. The van der Waals surface area contributed by atoms with Gasteiger partial charge < -0.3 is 10.6 Å². The van der Waals surface area contributed by atoms with Gasteiger partial charge in [-0.3, -0.25) is 14.7 Å². The van der Waals surface area contributed by atoms with Gasteiger partial charge in [0.1, 0.15) is 5.82 Å². The molecule has 0 saturated carbocycles. The van der Waals surface area contributed by atoms with E-state index in [4.69, 9.17) is 4.98 Å². The first-order chi connectivity index (χ1) is 14.5. The molecule has 30 heavy (non-hydrogen) atoms. The van der Waals surface area contributed by atoms with Crippen LogP contribution in [-0.4, -0.2) is 45.4 Å². The van der Waals surface area contributed by atoms with E-state index < -0.39 is 0 Å². The van der Waals surface area contributed by atoms with E-state index in [1.165, 1.54) is 12.1 Å². The number of hydrogen-bond donors (Lipinski definition) is 2. The number of amides is 1. The minimum Gasteiger partial charge on any atom is -0.325 e. The van der Waals surface area contributed by atoms with Gasteiger partial charge in [0.2, 0.25) is 11.9 Å². The number of carbonyl (C=O) groups excluding carboxylic acids is 1. The summed E-state index contributed by atoms with van der Waals surface area (Å²) in [6.07, 6.45) is 4.31. The Kier molecular flexibility index (Phi) is 5.94. The molecule has 0 aliphatic carbocycles. The number of hydrogen-bond acceptors (Lipinski definition) is 6. The smallest absolute Gasteiger partial charge is 0.238 e. The van der Waals surface area contributed by atoms with E-state index >= 15 is 0 Å². The van der Waals surface area contributed by atoms with Crippen molar-refractivity contribution in [2.24, 2.45) is 0 Å². The minimum atomic E-state index is -0.325. The third kappa shape index (κ3) is 5.15. The fourth-order valence-electron chi connectivity index (χ4n) is 3.62. The largest absolute Gasteiger partial charge is 0.325 e. The molecule has 154 valence electrons. The SMILES string of the molecule is Cc1cc(Nc2ncccn2)cc(C2CCN(CC(=O)Nc3ccc(F)cc3)C2)n1. The highest BCUT2D eigenvalue weighted by Gasteiger charge is 2.26. The minimum absolute atomic E-state index is 0.108. The molecule has 1 aliphatic rings. The van der Waals surface area contributed by atoms with Gasteiger partial charge in [0.05, 0.1) is 6.54 Å². The van der Waals surface area contributed by atoms with Crippen LogP contribution in [0.15, 0.2) is 54.9 Å².